The fourth-order valence-corrected chi connectivity index (χ4v) is 3.30. The third-order valence-corrected chi connectivity index (χ3v) is 4.87. The summed E-state index contributed by atoms with van der Waals surface area (Å²) in [7, 11) is 0. The van der Waals surface area contributed by atoms with Crippen molar-refractivity contribution in [1.82, 2.24) is 14.1 Å². The van der Waals surface area contributed by atoms with E-state index in [-0.39, 0.29) is 52.0 Å². The van der Waals surface area contributed by atoms with Crippen LogP contribution in [0.25, 0.3) is 5.69 Å². The van der Waals surface area contributed by atoms with Gasteiger partial charge in [-0.2, -0.15) is 13.2 Å². The fourth-order valence-electron chi connectivity index (χ4n) is 2.76. The maximum absolute atomic E-state index is 12.8. The van der Waals surface area contributed by atoms with Gasteiger partial charge in [0.15, 0.2) is 0 Å². The number of imidazole rings is 1. The Labute approximate surface area is 167 Å². The minimum absolute atomic E-state index is 0.0292. The summed E-state index contributed by atoms with van der Waals surface area (Å²) in [6.45, 7) is 1.64. The summed E-state index contributed by atoms with van der Waals surface area (Å²) >= 11 is -0.262. The van der Waals surface area contributed by atoms with E-state index < -0.39 is 11.2 Å². The molecule has 3 rings (SSSR count). The highest BCUT2D eigenvalue weighted by molar-refractivity contribution is 8.00. The molecule has 0 spiro atoms. The van der Waals surface area contributed by atoms with E-state index in [2.05, 4.69) is 4.98 Å². The maximum atomic E-state index is 12.8. The minimum atomic E-state index is -4.41. The highest BCUT2D eigenvalue weighted by Gasteiger charge is 2.29. The average molecular weight is 423 g/mol. The second kappa shape index (κ2) is 7.66. The number of benzene rings is 1. The van der Waals surface area contributed by atoms with Crippen LogP contribution in [0, 0.1) is 12.3 Å². The predicted octanol–water partition coefficient (Wildman–Crippen LogP) is 2.99. The minimum Gasteiger partial charge on any atom is -0.493 e. The second-order valence-corrected chi connectivity index (χ2v) is 7.26. The highest BCUT2D eigenvalue weighted by Crippen LogP contribution is 2.37. The van der Waals surface area contributed by atoms with Crippen LogP contribution in [0.2, 0.25) is 0 Å². The maximum Gasteiger partial charge on any atom is 0.446 e. The predicted molar refractivity (Wildman–Crippen MR) is 103 cm³/mol. The first kappa shape index (κ1) is 20.5. The summed E-state index contributed by atoms with van der Waals surface area (Å²) < 4.78 is 39.8. The number of nitrogens with two attached hydrogens (primary N) is 1. The highest BCUT2D eigenvalue weighted by atomic mass is 32.2. The molecule has 7 nitrogen and oxygen atoms in total. The van der Waals surface area contributed by atoms with E-state index in [0.29, 0.717) is 5.56 Å². The fraction of sp³-hybridized carbons (Fsp3) is 0.167. The van der Waals surface area contributed by atoms with E-state index >= 15 is 0 Å². The molecule has 29 heavy (non-hydrogen) atoms. The summed E-state index contributed by atoms with van der Waals surface area (Å²) in [5, 5.41) is 17.9. The Morgan fingerprint density at radius 2 is 1.93 bits per heavy atom. The Morgan fingerprint density at radius 3 is 2.52 bits per heavy atom. The lowest BCUT2D eigenvalue weighted by Gasteiger charge is -2.07. The number of nitrogens with one attached hydrogen (secondary N) is 1. The Hall–Kier alpha value is -3.21. The third kappa shape index (κ3) is 4.45. The molecule has 152 valence electrons. The number of thioether (sulfide) groups is 1. The van der Waals surface area contributed by atoms with Gasteiger partial charge in [0.05, 0.1) is 17.9 Å². The molecule has 0 atom stereocenters. The van der Waals surface area contributed by atoms with Crippen molar-refractivity contribution in [2.24, 2.45) is 5.73 Å². The number of alkyl halides is 3. The normalized spacial score (nSPS) is 11.6. The molecule has 4 N–H and O–H groups in total. The van der Waals surface area contributed by atoms with Crippen LogP contribution < -0.4 is 11.4 Å². The summed E-state index contributed by atoms with van der Waals surface area (Å²) in [4.78, 5) is 16.8. The van der Waals surface area contributed by atoms with Crippen LogP contribution in [0.3, 0.4) is 0 Å². The largest absolute Gasteiger partial charge is 0.493 e. The molecule has 0 saturated carbocycles. The van der Waals surface area contributed by atoms with E-state index in [9.17, 15) is 23.1 Å². The van der Waals surface area contributed by atoms with Gasteiger partial charge in [-0.25, -0.2) is 9.36 Å². The molecule has 3 aromatic rings. The van der Waals surface area contributed by atoms with E-state index in [4.69, 9.17) is 11.1 Å². The van der Waals surface area contributed by atoms with Crippen LogP contribution in [0.15, 0.2) is 52.3 Å². The lowest BCUT2D eigenvalue weighted by molar-refractivity contribution is -0.0328. The van der Waals surface area contributed by atoms with Crippen molar-refractivity contribution >= 4 is 17.6 Å². The van der Waals surface area contributed by atoms with Crippen LogP contribution in [0.5, 0.6) is 5.88 Å². The molecule has 0 aliphatic carbocycles. The Balaban J connectivity index is 1.96. The molecule has 0 saturated heterocycles. The standard InChI is InChI=1S/C18H16F3N5O2S/c1-10-16(27)26(12-2-4-13(5-3-12)29-18(19,20)21)17(28)25(10)9-11-6-7-24-14(8-11)15(22)23/h2-8,27H,9H2,1H3,(H3,22,23). The number of amidine groups is 1. The van der Waals surface area contributed by atoms with Gasteiger partial charge in [-0.05, 0) is 60.6 Å². The summed E-state index contributed by atoms with van der Waals surface area (Å²) in [6, 6.07) is 8.34. The van der Waals surface area contributed by atoms with Gasteiger partial charge in [-0.1, -0.05) is 0 Å². The molecule has 2 heterocycles. The number of hydrogen-bond donors (Lipinski definition) is 3. The van der Waals surface area contributed by atoms with Crippen LogP contribution in [0.1, 0.15) is 17.0 Å². The van der Waals surface area contributed by atoms with Gasteiger partial charge in [0.25, 0.3) is 0 Å². The van der Waals surface area contributed by atoms with Crippen LogP contribution in [0.4, 0.5) is 13.2 Å². The molecule has 0 aliphatic rings. The van der Waals surface area contributed by atoms with Gasteiger partial charge >= 0.3 is 11.2 Å². The zero-order valence-electron chi connectivity index (χ0n) is 15.1. The smallest absolute Gasteiger partial charge is 0.446 e. The van der Waals surface area contributed by atoms with Crippen molar-refractivity contribution in [3.8, 4) is 11.6 Å². The number of aromatic hydroxyl groups is 1. The first-order chi connectivity index (χ1) is 13.6. The van der Waals surface area contributed by atoms with Crippen LogP contribution >= 0.6 is 11.8 Å². The molecule has 2 aromatic heterocycles. The lowest BCUT2D eigenvalue weighted by Crippen LogP contribution is -2.24. The number of nitrogens with zero attached hydrogens (tertiary/aromatic N) is 3. The van der Waals surface area contributed by atoms with E-state index in [1.807, 2.05) is 0 Å². The number of nitrogen functional groups attached to an aromatic ring is 1. The Morgan fingerprint density at radius 1 is 1.28 bits per heavy atom. The zero-order valence-corrected chi connectivity index (χ0v) is 15.9. The van der Waals surface area contributed by atoms with E-state index in [1.165, 1.54) is 35.0 Å². The molecule has 0 bridgehead atoms. The van der Waals surface area contributed by atoms with E-state index in [0.717, 1.165) is 4.57 Å². The van der Waals surface area contributed by atoms with Crippen LogP contribution in [-0.4, -0.2) is 30.6 Å². The molecule has 0 fully saturated rings. The lowest BCUT2D eigenvalue weighted by atomic mass is 10.2. The van der Waals surface area contributed by atoms with Crippen molar-refractivity contribution in [2.75, 3.05) is 0 Å². The van der Waals surface area contributed by atoms with Gasteiger partial charge in [0.1, 0.15) is 11.5 Å². The monoisotopic (exact) mass is 423 g/mol. The molecule has 0 amide bonds. The molecule has 1 aromatic carbocycles. The van der Waals surface area contributed by atoms with Crippen molar-refractivity contribution in [1.29, 1.82) is 5.41 Å². The molecule has 0 unspecified atom stereocenters. The molecule has 11 heteroatoms. The Bertz CT molecular complexity index is 1120. The van der Waals surface area contributed by atoms with Crippen molar-refractivity contribution in [3.63, 3.8) is 0 Å². The molecule has 0 aliphatic heterocycles. The number of rotatable bonds is 5. The number of aromatic nitrogens is 3. The topological polar surface area (TPSA) is 110 Å². The second-order valence-electron chi connectivity index (χ2n) is 6.12. The first-order valence-electron chi connectivity index (χ1n) is 8.23. The molecular formula is C18H16F3N5O2S. The quantitative estimate of drug-likeness (QED) is 0.332. The summed E-state index contributed by atoms with van der Waals surface area (Å²) in [5.74, 6) is -0.528. The zero-order chi connectivity index (χ0) is 21.3. The number of hydrogen-bond acceptors (Lipinski definition) is 5. The van der Waals surface area contributed by atoms with Gasteiger partial charge in [-0.15, -0.1) is 0 Å². The van der Waals surface area contributed by atoms with Crippen molar-refractivity contribution in [3.05, 3.63) is 70.0 Å². The van der Waals surface area contributed by atoms with Gasteiger partial charge in [0.2, 0.25) is 5.88 Å². The summed E-state index contributed by atoms with van der Waals surface area (Å²) in [5.41, 5.74) is 1.88. The molecule has 0 radical (unpaired) electrons. The number of halogens is 3. The first-order valence-corrected chi connectivity index (χ1v) is 9.05. The van der Waals surface area contributed by atoms with Gasteiger partial charge < -0.3 is 10.8 Å². The van der Waals surface area contributed by atoms with Crippen LogP contribution in [-0.2, 0) is 6.54 Å². The van der Waals surface area contributed by atoms with E-state index in [1.54, 1.807) is 19.1 Å². The van der Waals surface area contributed by atoms with Crippen molar-refractivity contribution < 1.29 is 18.3 Å². The van der Waals surface area contributed by atoms with Crippen molar-refractivity contribution in [2.45, 2.75) is 23.9 Å². The average Bonchev–Trinajstić information content (AvgIpc) is 2.85. The van der Waals surface area contributed by atoms with Gasteiger partial charge in [0, 0.05) is 11.1 Å². The number of pyridine rings is 1. The van der Waals surface area contributed by atoms with Gasteiger partial charge in [-0.3, -0.25) is 15.0 Å². The Kier molecular flexibility index (Phi) is 5.42. The SMILES string of the molecule is Cc1c(O)n(-c2ccc(SC(F)(F)F)cc2)c(=O)n1Cc1ccnc(C(=N)N)c1. The third-order valence-electron chi connectivity index (χ3n) is 4.13. The summed E-state index contributed by atoms with van der Waals surface area (Å²) in [6.07, 6.45) is 1.46. The molecular weight excluding hydrogens is 407 g/mol.